The quantitative estimate of drug-likeness (QED) is 0.848. The second-order valence-electron chi connectivity index (χ2n) is 4.41. The first-order chi connectivity index (χ1) is 8.60. The van der Waals surface area contributed by atoms with E-state index in [9.17, 15) is 0 Å². The summed E-state index contributed by atoms with van der Waals surface area (Å²) < 4.78 is 10.3. The Balaban J connectivity index is 2.55. The van der Waals surface area contributed by atoms with E-state index in [2.05, 4.69) is 28.5 Å². The van der Waals surface area contributed by atoms with Crippen molar-refractivity contribution in [2.75, 3.05) is 13.2 Å². The average molecular weight is 268 g/mol. The van der Waals surface area contributed by atoms with Crippen molar-refractivity contribution in [3.63, 3.8) is 0 Å². The second kappa shape index (κ2) is 5.24. The molecule has 0 aliphatic carbocycles. The monoisotopic (exact) mass is 268 g/mol. The molecule has 2 rings (SSSR count). The third kappa shape index (κ3) is 2.10. The minimum atomic E-state index is 0.201. The molecule has 1 unspecified atom stereocenters. The molecule has 0 spiro atoms. The number of aromatic nitrogens is 4. The number of H-pyrrole nitrogens is 1. The van der Waals surface area contributed by atoms with E-state index in [-0.39, 0.29) is 6.04 Å². The van der Waals surface area contributed by atoms with Crippen molar-refractivity contribution in [2.45, 2.75) is 40.3 Å². The van der Waals surface area contributed by atoms with Gasteiger partial charge in [0, 0.05) is 13.2 Å². The molecule has 0 saturated carbocycles. The van der Waals surface area contributed by atoms with Crippen molar-refractivity contribution in [3.05, 3.63) is 10.5 Å². The number of ether oxygens (including phenoxy) is 1. The predicted molar refractivity (Wildman–Crippen MR) is 74.5 cm³/mol. The molecule has 2 heterocycles. The van der Waals surface area contributed by atoms with Gasteiger partial charge in [-0.25, -0.2) is 4.68 Å². The molecule has 0 bridgehead atoms. The molecule has 1 atom stereocenters. The molecule has 5 nitrogen and oxygen atoms in total. The molecule has 6 heteroatoms. The molecule has 0 fully saturated rings. The maximum absolute atomic E-state index is 5.49. The Labute approximate surface area is 112 Å². The Morgan fingerprint density at radius 1 is 1.44 bits per heavy atom. The number of hydrogen-bond acceptors (Lipinski definition) is 3. The van der Waals surface area contributed by atoms with Crippen LogP contribution in [0.15, 0.2) is 0 Å². The molecule has 1 N–H and O–H groups in total. The van der Waals surface area contributed by atoms with Gasteiger partial charge in [0.05, 0.1) is 18.3 Å². The highest BCUT2D eigenvalue weighted by molar-refractivity contribution is 7.71. The van der Waals surface area contributed by atoms with Crippen LogP contribution in [-0.2, 0) is 11.3 Å². The number of aromatic amines is 1. The van der Waals surface area contributed by atoms with Gasteiger partial charge in [0.1, 0.15) is 5.52 Å². The number of hydrogen-bond donors (Lipinski definition) is 1. The lowest BCUT2D eigenvalue weighted by molar-refractivity contribution is 0.119. The fourth-order valence-corrected chi connectivity index (χ4v) is 2.58. The highest BCUT2D eigenvalue weighted by Crippen LogP contribution is 2.22. The van der Waals surface area contributed by atoms with Crippen molar-refractivity contribution in [1.82, 2.24) is 19.3 Å². The molecule has 0 saturated heterocycles. The molecule has 100 valence electrons. The van der Waals surface area contributed by atoms with Gasteiger partial charge >= 0.3 is 0 Å². The number of aryl methyl sites for hydroxylation is 2. The number of nitrogens with one attached hydrogen (secondary N) is 1. The first-order valence-electron chi connectivity index (χ1n) is 6.35. The van der Waals surface area contributed by atoms with Crippen LogP contribution in [0.5, 0.6) is 0 Å². The Bertz CT molecular complexity index is 595. The van der Waals surface area contributed by atoms with E-state index in [0.29, 0.717) is 6.61 Å². The number of fused-ring (bicyclic) bond motifs is 1. The van der Waals surface area contributed by atoms with Gasteiger partial charge in [0.2, 0.25) is 0 Å². The van der Waals surface area contributed by atoms with E-state index in [1.54, 1.807) is 0 Å². The predicted octanol–water partition coefficient (Wildman–Crippen LogP) is 2.82. The van der Waals surface area contributed by atoms with Gasteiger partial charge < -0.3 is 9.72 Å². The van der Waals surface area contributed by atoms with E-state index >= 15 is 0 Å². The van der Waals surface area contributed by atoms with Crippen LogP contribution in [0, 0.1) is 11.7 Å². The van der Waals surface area contributed by atoms with Gasteiger partial charge in [0.15, 0.2) is 10.4 Å². The van der Waals surface area contributed by atoms with Crippen molar-refractivity contribution < 1.29 is 4.74 Å². The van der Waals surface area contributed by atoms with E-state index in [4.69, 9.17) is 17.0 Å². The number of rotatable bonds is 5. The zero-order chi connectivity index (χ0) is 13.3. The van der Waals surface area contributed by atoms with E-state index < -0.39 is 0 Å². The zero-order valence-electron chi connectivity index (χ0n) is 11.4. The summed E-state index contributed by atoms with van der Waals surface area (Å²) in [6, 6.07) is 0.201. The fraction of sp³-hybridized carbons (Fsp3) is 0.667. The lowest BCUT2D eigenvalue weighted by Crippen LogP contribution is -2.14. The van der Waals surface area contributed by atoms with Crippen LogP contribution in [-0.4, -0.2) is 32.5 Å². The Morgan fingerprint density at radius 3 is 2.78 bits per heavy atom. The maximum atomic E-state index is 5.49. The summed E-state index contributed by atoms with van der Waals surface area (Å²) in [5.41, 5.74) is 3.08. The molecule has 0 radical (unpaired) electrons. The first-order valence-corrected chi connectivity index (χ1v) is 6.76. The van der Waals surface area contributed by atoms with E-state index in [1.165, 1.54) is 0 Å². The minimum Gasteiger partial charge on any atom is -0.380 e. The van der Waals surface area contributed by atoms with Crippen LogP contribution in [0.2, 0.25) is 0 Å². The van der Waals surface area contributed by atoms with Crippen LogP contribution in [0.1, 0.15) is 32.5 Å². The first kappa shape index (κ1) is 13.3. The molecule has 0 amide bonds. The average Bonchev–Trinajstić information content (AvgIpc) is 2.83. The minimum absolute atomic E-state index is 0.201. The summed E-state index contributed by atoms with van der Waals surface area (Å²) >= 11 is 5.41. The largest absolute Gasteiger partial charge is 0.380 e. The highest BCUT2D eigenvalue weighted by atomic mass is 32.1. The summed E-state index contributed by atoms with van der Waals surface area (Å²) in [7, 11) is 0. The molecule has 0 aromatic carbocycles. The molecule has 0 aliphatic rings. The van der Waals surface area contributed by atoms with Gasteiger partial charge in [-0.2, -0.15) is 5.10 Å². The summed E-state index contributed by atoms with van der Waals surface area (Å²) in [5, 5.41) is 4.51. The van der Waals surface area contributed by atoms with E-state index in [1.807, 2.05) is 18.5 Å². The summed E-state index contributed by atoms with van der Waals surface area (Å²) in [6.07, 6.45) is 0. The van der Waals surface area contributed by atoms with Crippen LogP contribution in [0.3, 0.4) is 0 Å². The Morgan fingerprint density at radius 2 is 2.17 bits per heavy atom. The summed E-state index contributed by atoms with van der Waals surface area (Å²) in [5.74, 6) is 0. The topological polar surface area (TPSA) is 47.8 Å². The normalized spacial score (nSPS) is 13.3. The number of nitrogens with zero attached hydrogens (tertiary/aromatic N) is 3. The van der Waals surface area contributed by atoms with Crippen molar-refractivity contribution in [1.29, 1.82) is 0 Å². The van der Waals surface area contributed by atoms with Crippen LogP contribution >= 0.6 is 12.2 Å². The molecular weight excluding hydrogens is 248 g/mol. The summed E-state index contributed by atoms with van der Waals surface area (Å²) in [6.45, 7) is 10.4. The van der Waals surface area contributed by atoms with Crippen molar-refractivity contribution >= 4 is 23.4 Å². The molecule has 2 aromatic rings. The lowest BCUT2D eigenvalue weighted by atomic mass is 10.3. The van der Waals surface area contributed by atoms with Gasteiger partial charge in [-0.05, 0) is 39.9 Å². The standard InChI is InChI=1S/C12H20N4OS/c1-5-15-11-10(9(4)14-15)13-12(18)16(11)8(3)7-17-6-2/h8H,5-7H2,1-4H3,(H,13,18). The Kier molecular flexibility index (Phi) is 3.87. The lowest BCUT2D eigenvalue weighted by Gasteiger charge is -2.14. The smallest absolute Gasteiger partial charge is 0.179 e. The number of imidazole rings is 1. The van der Waals surface area contributed by atoms with Crippen LogP contribution in [0.25, 0.3) is 11.2 Å². The highest BCUT2D eigenvalue weighted by Gasteiger charge is 2.17. The summed E-state index contributed by atoms with van der Waals surface area (Å²) in [4.78, 5) is 3.25. The maximum Gasteiger partial charge on any atom is 0.179 e. The Hall–Kier alpha value is -1.14. The second-order valence-corrected chi connectivity index (χ2v) is 4.80. The van der Waals surface area contributed by atoms with Gasteiger partial charge in [0.25, 0.3) is 0 Å². The SMILES string of the molecule is CCOCC(C)n1c(=S)[nH]c2c(C)nn(CC)c21. The molecule has 2 aromatic heterocycles. The van der Waals surface area contributed by atoms with Gasteiger partial charge in [-0.3, -0.25) is 4.57 Å². The fourth-order valence-electron chi connectivity index (χ4n) is 2.22. The van der Waals surface area contributed by atoms with Crippen molar-refractivity contribution in [2.24, 2.45) is 0 Å². The van der Waals surface area contributed by atoms with Crippen LogP contribution in [0.4, 0.5) is 0 Å². The third-order valence-electron chi connectivity index (χ3n) is 3.08. The molecule has 18 heavy (non-hydrogen) atoms. The molecule has 0 aliphatic heterocycles. The van der Waals surface area contributed by atoms with Gasteiger partial charge in [-0.1, -0.05) is 0 Å². The van der Waals surface area contributed by atoms with Crippen molar-refractivity contribution in [3.8, 4) is 0 Å². The zero-order valence-corrected chi connectivity index (χ0v) is 12.2. The van der Waals surface area contributed by atoms with Gasteiger partial charge in [-0.15, -0.1) is 0 Å². The van der Waals surface area contributed by atoms with E-state index in [0.717, 1.165) is 34.8 Å². The van der Waals surface area contributed by atoms with Crippen LogP contribution < -0.4 is 0 Å². The third-order valence-corrected chi connectivity index (χ3v) is 3.38. The molecular formula is C12H20N4OS.